The number of ether oxygens (including phenoxy) is 1. The van der Waals surface area contributed by atoms with Crippen molar-refractivity contribution in [2.24, 2.45) is 10.9 Å². The summed E-state index contributed by atoms with van der Waals surface area (Å²) >= 11 is 0. The minimum atomic E-state index is 0.769. The number of anilines is 1. The number of nitrogens with two attached hydrogens (primary N) is 1. The van der Waals surface area contributed by atoms with Crippen LogP contribution in [0.1, 0.15) is 5.56 Å². The average molecular weight is 193 g/mol. The lowest BCUT2D eigenvalue weighted by Crippen LogP contribution is -2.09. The van der Waals surface area contributed by atoms with E-state index in [1.807, 2.05) is 37.2 Å². The number of nitrogens with zero attached hydrogens (tertiary/aromatic N) is 2. The molecule has 14 heavy (non-hydrogen) atoms. The zero-order valence-electron chi connectivity index (χ0n) is 8.69. The molecule has 0 amide bonds. The van der Waals surface area contributed by atoms with Gasteiger partial charge >= 0.3 is 0 Å². The monoisotopic (exact) mass is 193 g/mol. The van der Waals surface area contributed by atoms with E-state index in [-0.39, 0.29) is 0 Å². The Balaban J connectivity index is 3.11. The molecular formula is C10H15N3O. The Morgan fingerprint density at radius 3 is 2.64 bits per heavy atom. The van der Waals surface area contributed by atoms with Gasteiger partial charge in [-0.2, -0.15) is 5.10 Å². The van der Waals surface area contributed by atoms with Gasteiger partial charge < -0.3 is 15.5 Å². The molecule has 76 valence electrons. The van der Waals surface area contributed by atoms with Crippen molar-refractivity contribution < 1.29 is 4.74 Å². The van der Waals surface area contributed by atoms with E-state index in [9.17, 15) is 0 Å². The predicted octanol–water partition coefficient (Wildman–Crippen LogP) is 1.05. The number of hydrogen-bond donors (Lipinski definition) is 1. The van der Waals surface area contributed by atoms with Crippen LogP contribution in [0.3, 0.4) is 0 Å². The van der Waals surface area contributed by atoms with Crippen molar-refractivity contribution in [2.75, 3.05) is 26.1 Å². The maximum absolute atomic E-state index is 5.22. The Bertz CT molecular complexity index is 334. The summed E-state index contributed by atoms with van der Waals surface area (Å²) in [6.07, 6.45) is 1.57. The van der Waals surface area contributed by atoms with Gasteiger partial charge in [0, 0.05) is 31.4 Å². The molecule has 0 aliphatic carbocycles. The molecule has 0 aliphatic rings. The van der Waals surface area contributed by atoms with Crippen LogP contribution in [0.4, 0.5) is 5.69 Å². The highest BCUT2D eigenvalue weighted by Crippen LogP contribution is 2.23. The molecule has 4 nitrogen and oxygen atoms in total. The standard InChI is InChI=1S/C10H15N3O/c1-13(2)9-5-4-8(7-12-11)10(6-9)14-3/h4-7H,11H2,1-3H3. The number of hydrazone groups is 1. The summed E-state index contributed by atoms with van der Waals surface area (Å²) in [6.45, 7) is 0. The van der Waals surface area contributed by atoms with E-state index in [1.54, 1.807) is 13.3 Å². The fraction of sp³-hybridized carbons (Fsp3) is 0.300. The molecule has 0 fully saturated rings. The highest BCUT2D eigenvalue weighted by molar-refractivity contribution is 5.84. The highest BCUT2D eigenvalue weighted by atomic mass is 16.5. The number of benzene rings is 1. The Morgan fingerprint density at radius 1 is 1.43 bits per heavy atom. The molecule has 1 aromatic carbocycles. The Hall–Kier alpha value is -1.71. The third kappa shape index (κ3) is 2.16. The van der Waals surface area contributed by atoms with E-state index in [1.165, 1.54) is 0 Å². The van der Waals surface area contributed by atoms with Gasteiger partial charge in [0.05, 0.1) is 13.3 Å². The summed E-state index contributed by atoms with van der Waals surface area (Å²) in [4.78, 5) is 2.01. The van der Waals surface area contributed by atoms with Crippen LogP contribution in [0.25, 0.3) is 0 Å². The van der Waals surface area contributed by atoms with E-state index in [4.69, 9.17) is 10.6 Å². The third-order valence-corrected chi connectivity index (χ3v) is 1.95. The van der Waals surface area contributed by atoms with Crippen molar-refractivity contribution in [3.05, 3.63) is 23.8 Å². The number of rotatable bonds is 3. The van der Waals surface area contributed by atoms with Gasteiger partial charge in [-0.25, -0.2) is 0 Å². The molecule has 0 spiro atoms. The largest absolute Gasteiger partial charge is 0.496 e. The Morgan fingerprint density at radius 2 is 2.14 bits per heavy atom. The van der Waals surface area contributed by atoms with Gasteiger partial charge in [-0.05, 0) is 12.1 Å². The van der Waals surface area contributed by atoms with Crippen molar-refractivity contribution >= 4 is 11.9 Å². The van der Waals surface area contributed by atoms with Gasteiger partial charge in [-0.1, -0.05) is 0 Å². The van der Waals surface area contributed by atoms with E-state index < -0.39 is 0 Å². The fourth-order valence-corrected chi connectivity index (χ4v) is 1.16. The van der Waals surface area contributed by atoms with E-state index in [0.29, 0.717) is 0 Å². The van der Waals surface area contributed by atoms with Crippen molar-refractivity contribution in [3.63, 3.8) is 0 Å². The van der Waals surface area contributed by atoms with E-state index >= 15 is 0 Å². The Labute approximate surface area is 84.0 Å². The van der Waals surface area contributed by atoms with Crippen LogP contribution in [0.2, 0.25) is 0 Å². The molecule has 1 aromatic rings. The zero-order valence-corrected chi connectivity index (χ0v) is 8.69. The minimum absolute atomic E-state index is 0.769. The lowest BCUT2D eigenvalue weighted by atomic mass is 10.2. The molecule has 0 heterocycles. The van der Waals surface area contributed by atoms with Crippen molar-refractivity contribution in [1.82, 2.24) is 0 Å². The van der Waals surface area contributed by atoms with Gasteiger partial charge in [0.15, 0.2) is 0 Å². The molecule has 0 aliphatic heterocycles. The van der Waals surface area contributed by atoms with Crippen molar-refractivity contribution in [1.29, 1.82) is 0 Å². The van der Waals surface area contributed by atoms with Gasteiger partial charge in [-0.15, -0.1) is 0 Å². The molecule has 0 atom stereocenters. The predicted molar refractivity (Wildman–Crippen MR) is 59.1 cm³/mol. The van der Waals surface area contributed by atoms with Crippen LogP contribution < -0.4 is 15.5 Å². The van der Waals surface area contributed by atoms with Gasteiger partial charge in [-0.3, -0.25) is 0 Å². The maximum atomic E-state index is 5.22. The summed E-state index contributed by atoms with van der Waals surface area (Å²) in [6, 6.07) is 5.85. The van der Waals surface area contributed by atoms with Crippen LogP contribution >= 0.6 is 0 Å². The SMILES string of the molecule is COc1cc(N(C)C)ccc1C=NN. The molecular weight excluding hydrogens is 178 g/mol. The zero-order chi connectivity index (χ0) is 10.6. The van der Waals surface area contributed by atoms with Crippen molar-refractivity contribution in [3.8, 4) is 5.75 Å². The van der Waals surface area contributed by atoms with E-state index in [0.717, 1.165) is 17.0 Å². The molecule has 1 rings (SSSR count). The first-order chi connectivity index (χ1) is 6.69. The highest BCUT2D eigenvalue weighted by Gasteiger charge is 2.03. The first kappa shape index (κ1) is 10.4. The molecule has 0 bridgehead atoms. The molecule has 0 aromatic heterocycles. The van der Waals surface area contributed by atoms with Crippen LogP contribution in [-0.4, -0.2) is 27.4 Å². The smallest absolute Gasteiger partial charge is 0.129 e. The minimum Gasteiger partial charge on any atom is -0.496 e. The molecule has 4 heteroatoms. The summed E-state index contributed by atoms with van der Waals surface area (Å²) in [5, 5.41) is 3.47. The quantitative estimate of drug-likeness (QED) is 0.443. The topological polar surface area (TPSA) is 50.8 Å². The second-order valence-corrected chi connectivity index (χ2v) is 3.10. The number of hydrogen-bond acceptors (Lipinski definition) is 4. The second-order valence-electron chi connectivity index (χ2n) is 3.10. The van der Waals surface area contributed by atoms with E-state index in [2.05, 4.69) is 5.10 Å². The molecule has 0 unspecified atom stereocenters. The summed E-state index contributed by atoms with van der Waals surface area (Å²) in [7, 11) is 5.58. The average Bonchev–Trinajstić information content (AvgIpc) is 2.18. The fourth-order valence-electron chi connectivity index (χ4n) is 1.16. The lowest BCUT2D eigenvalue weighted by molar-refractivity contribution is 0.414. The number of methoxy groups -OCH3 is 1. The maximum Gasteiger partial charge on any atom is 0.129 e. The summed E-state index contributed by atoms with van der Waals surface area (Å²) in [5.74, 6) is 5.85. The van der Waals surface area contributed by atoms with Gasteiger partial charge in [0.1, 0.15) is 5.75 Å². The lowest BCUT2D eigenvalue weighted by Gasteiger charge is -2.14. The first-order valence-electron chi connectivity index (χ1n) is 4.27. The van der Waals surface area contributed by atoms with Gasteiger partial charge in [0.25, 0.3) is 0 Å². The first-order valence-corrected chi connectivity index (χ1v) is 4.27. The van der Waals surface area contributed by atoms with Crippen LogP contribution in [0.5, 0.6) is 5.75 Å². The summed E-state index contributed by atoms with van der Waals surface area (Å²) < 4.78 is 5.22. The molecule has 0 saturated carbocycles. The van der Waals surface area contributed by atoms with Crippen LogP contribution in [0, 0.1) is 0 Å². The molecule has 0 radical (unpaired) electrons. The molecule has 0 saturated heterocycles. The van der Waals surface area contributed by atoms with Crippen LogP contribution in [0.15, 0.2) is 23.3 Å². The third-order valence-electron chi connectivity index (χ3n) is 1.95. The van der Waals surface area contributed by atoms with Gasteiger partial charge in [0.2, 0.25) is 0 Å². The normalized spacial score (nSPS) is 10.5. The Kier molecular flexibility index (Phi) is 3.34. The van der Waals surface area contributed by atoms with Crippen molar-refractivity contribution in [2.45, 2.75) is 0 Å². The molecule has 2 N–H and O–H groups in total. The summed E-state index contributed by atoms with van der Waals surface area (Å²) in [5.41, 5.74) is 1.96. The second kappa shape index (κ2) is 4.50. The van der Waals surface area contributed by atoms with Crippen LogP contribution in [-0.2, 0) is 0 Å².